The third-order valence-electron chi connectivity index (χ3n) is 0.955. The smallest absolute Gasteiger partial charge is 0.139 e. The third kappa shape index (κ3) is 3.51. The number of alkyl halides is 3. The first kappa shape index (κ1) is 9.23. The summed E-state index contributed by atoms with van der Waals surface area (Å²) in [6.07, 6.45) is 0.949. The molecule has 0 bridgehead atoms. The summed E-state index contributed by atoms with van der Waals surface area (Å²) in [5.74, 6) is 0. The molecule has 0 amide bonds. The van der Waals surface area contributed by atoms with Gasteiger partial charge < -0.3 is 0 Å². The molecule has 0 aliphatic rings. The molecular weight excluding hydrogens is 344 g/mol. The maximum absolute atomic E-state index is 3.44. The van der Waals surface area contributed by atoms with E-state index in [2.05, 4.69) is 65.3 Å². The minimum atomic E-state index is -0.127. The van der Waals surface area contributed by atoms with E-state index in [1.165, 1.54) is 4.88 Å². The van der Waals surface area contributed by atoms with Crippen molar-refractivity contribution in [3.8, 4) is 0 Å². The Balaban J connectivity index is 2.57. The SMILES string of the molecule is BrC(Br)(Br)Cc1cccs1. The maximum Gasteiger partial charge on any atom is 0.139 e. The first-order valence-corrected chi connectivity index (χ1v) is 5.93. The topological polar surface area (TPSA) is 0 Å². The number of thiophene rings is 1. The van der Waals surface area contributed by atoms with E-state index in [1.807, 2.05) is 0 Å². The molecule has 56 valence electrons. The molecule has 1 heterocycles. The van der Waals surface area contributed by atoms with Gasteiger partial charge in [0.2, 0.25) is 0 Å². The Morgan fingerprint density at radius 2 is 2.10 bits per heavy atom. The van der Waals surface area contributed by atoms with Gasteiger partial charge in [0.25, 0.3) is 0 Å². The molecule has 0 saturated heterocycles. The van der Waals surface area contributed by atoms with Gasteiger partial charge in [0.15, 0.2) is 0 Å². The summed E-state index contributed by atoms with van der Waals surface area (Å²) in [6, 6.07) is 4.17. The molecule has 0 aliphatic heterocycles. The minimum absolute atomic E-state index is 0.127. The molecule has 0 saturated carbocycles. The largest absolute Gasteiger partial charge is 0.149 e. The van der Waals surface area contributed by atoms with Crippen LogP contribution >= 0.6 is 59.1 Å². The molecule has 0 N–H and O–H groups in total. The molecule has 10 heavy (non-hydrogen) atoms. The zero-order chi connectivity index (χ0) is 7.61. The van der Waals surface area contributed by atoms with Crippen LogP contribution in [0, 0.1) is 0 Å². The maximum atomic E-state index is 3.44. The normalized spacial score (nSPS) is 11.9. The second kappa shape index (κ2) is 3.70. The lowest BCUT2D eigenvalue weighted by atomic mass is 10.4. The van der Waals surface area contributed by atoms with Crippen molar-refractivity contribution >= 4 is 59.1 Å². The first-order chi connectivity index (χ1) is 4.58. The Kier molecular flexibility index (Phi) is 3.41. The van der Waals surface area contributed by atoms with E-state index in [4.69, 9.17) is 0 Å². The van der Waals surface area contributed by atoms with E-state index in [9.17, 15) is 0 Å². The van der Waals surface area contributed by atoms with Gasteiger partial charge >= 0.3 is 0 Å². The van der Waals surface area contributed by atoms with Crippen molar-refractivity contribution in [1.29, 1.82) is 0 Å². The van der Waals surface area contributed by atoms with Crippen LogP contribution in [0.25, 0.3) is 0 Å². The summed E-state index contributed by atoms with van der Waals surface area (Å²) in [5, 5.41) is 2.08. The van der Waals surface area contributed by atoms with Crippen LogP contribution in [0.2, 0.25) is 0 Å². The summed E-state index contributed by atoms with van der Waals surface area (Å²) in [6.45, 7) is 0. The average molecular weight is 349 g/mol. The predicted octanol–water partition coefficient (Wildman–Crippen LogP) is 4.13. The highest BCUT2D eigenvalue weighted by Crippen LogP contribution is 2.37. The summed E-state index contributed by atoms with van der Waals surface area (Å²) in [4.78, 5) is 1.35. The second-order valence-corrected chi connectivity index (χ2v) is 10.2. The van der Waals surface area contributed by atoms with Crippen molar-refractivity contribution in [1.82, 2.24) is 0 Å². The summed E-state index contributed by atoms with van der Waals surface area (Å²) >= 11 is 12.1. The Labute approximate surface area is 89.4 Å². The van der Waals surface area contributed by atoms with Crippen molar-refractivity contribution in [3.05, 3.63) is 22.4 Å². The number of rotatable bonds is 1. The molecule has 0 nitrogen and oxygen atoms in total. The lowest BCUT2D eigenvalue weighted by Crippen LogP contribution is -2.01. The van der Waals surface area contributed by atoms with E-state index < -0.39 is 0 Å². The standard InChI is InChI=1S/C6H5Br3S/c7-6(8,9)4-5-2-1-3-10-5/h1-3H,4H2. The fraction of sp³-hybridized carbons (Fsp3) is 0.333. The van der Waals surface area contributed by atoms with Crippen LogP contribution in [-0.2, 0) is 6.42 Å². The molecule has 1 rings (SSSR count). The number of hydrogen-bond acceptors (Lipinski definition) is 1. The van der Waals surface area contributed by atoms with Crippen molar-refractivity contribution < 1.29 is 0 Å². The van der Waals surface area contributed by atoms with Crippen LogP contribution < -0.4 is 0 Å². The zero-order valence-electron chi connectivity index (χ0n) is 4.98. The molecule has 0 aromatic carbocycles. The van der Waals surface area contributed by atoms with Gasteiger partial charge in [0, 0.05) is 11.3 Å². The molecule has 0 aliphatic carbocycles. The van der Waals surface area contributed by atoms with E-state index in [0.29, 0.717) is 0 Å². The number of halogens is 3. The third-order valence-corrected chi connectivity index (χ3v) is 2.67. The van der Waals surface area contributed by atoms with Gasteiger partial charge in [-0.3, -0.25) is 0 Å². The van der Waals surface area contributed by atoms with Crippen LogP contribution in [0.15, 0.2) is 17.5 Å². The Bertz CT molecular complexity index is 187. The summed E-state index contributed by atoms with van der Waals surface area (Å²) < 4.78 is -0.127. The lowest BCUT2D eigenvalue weighted by molar-refractivity contribution is 1.14. The summed E-state index contributed by atoms with van der Waals surface area (Å²) in [7, 11) is 0. The molecule has 1 aromatic rings. The van der Waals surface area contributed by atoms with E-state index in [0.717, 1.165) is 6.42 Å². The van der Waals surface area contributed by atoms with Crippen molar-refractivity contribution in [2.24, 2.45) is 0 Å². The predicted molar refractivity (Wildman–Crippen MR) is 57.5 cm³/mol. The highest BCUT2D eigenvalue weighted by Gasteiger charge is 2.18. The van der Waals surface area contributed by atoms with E-state index in [1.54, 1.807) is 11.3 Å². The Morgan fingerprint density at radius 1 is 1.40 bits per heavy atom. The lowest BCUT2D eigenvalue weighted by Gasteiger charge is -2.08. The van der Waals surface area contributed by atoms with Gasteiger partial charge in [-0.15, -0.1) is 11.3 Å². The van der Waals surface area contributed by atoms with Gasteiger partial charge in [-0.05, 0) is 11.4 Å². The van der Waals surface area contributed by atoms with Crippen LogP contribution in [0.5, 0.6) is 0 Å². The van der Waals surface area contributed by atoms with Crippen LogP contribution in [0.4, 0.5) is 0 Å². The van der Waals surface area contributed by atoms with E-state index >= 15 is 0 Å². The molecule has 0 spiro atoms. The second-order valence-electron chi connectivity index (χ2n) is 1.87. The fourth-order valence-corrected chi connectivity index (χ4v) is 2.86. The molecule has 4 heteroatoms. The molecule has 0 atom stereocenters. The highest BCUT2D eigenvalue weighted by molar-refractivity contribution is 9.39. The molecular formula is C6H5Br3S. The zero-order valence-corrected chi connectivity index (χ0v) is 10.6. The molecule has 0 fully saturated rings. The minimum Gasteiger partial charge on any atom is -0.149 e. The highest BCUT2D eigenvalue weighted by atomic mass is 80.0. The van der Waals surface area contributed by atoms with Gasteiger partial charge in [-0.2, -0.15) is 0 Å². The van der Waals surface area contributed by atoms with Crippen LogP contribution in [-0.4, -0.2) is 2.14 Å². The fourth-order valence-electron chi connectivity index (χ4n) is 0.611. The first-order valence-electron chi connectivity index (χ1n) is 2.67. The molecule has 0 unspecified atom stereocenters. The molecule has 1 aromatic heterocycles. The Morgan fingerprint density at radius 3 is 2.50 bits per heavy atom. The molecule has 0 radical (unpaired) electrons. The van der Waals surface area contributed by atoms with Crippen molar-refractivity contribution in [3.63, 3.8) is 0 Å². The average Bonchev–Trinajstić information content (AvgIpc) is 2.12. The van der Waals surface area contributed by atoms with Gasteiger partial charge in [-0.1, -0.05) is 53.9 Å². The quantitative estimate of drug-likeness (QED) is 0.669. The Hall–Kier alpha value is 1.14. The van der Waals surface area contributed by atoms with E-state index in [-0.39, 0.29) is 2.14 Å². The van der Waals surface area contributed by atoms with Crippen LogP contribution in [0.1, 0.15) is 4.88 Å². The van der Waals surface area contributed by atoms with Gasteiger partial charge in [-0.25, -0.2) is 0 Å². The van der Waals surface area contributed by atoms with Gasteiger partial charge in [0.1, 0.15) is 2.14 Å². The van der Waals surface area contributed by atoms with Crippen molar-refractivity contribution in [2.45, 2.75) is 8.56 Å². The number of hydrogen-bond donors (Lipinski definition) is 0. The monoisotopic (exact) mass is 346 g/mol. The van der Waals surface area contributed by atoms with Gasteiger partial charge in [0.05, 0.1) is 0 Å². The summed E-state index contributed by atoms with van der Waals surface area (Å²) in [5.41, 5.74) is 0. The van der Waals surface area contributed by atoms with Crippen LogP contribution in [0.3, 0.4) is 0 Å². The van der Waals surface area contributed by atoms with Crippen molar-refractivity contribution in [2.75, 3.05) is 0 Å².